The van der Waals surface area contributed by atoms with Gasteiger partial charge in [-0.2, -0.15) is 5.10 Å². The molecule has 0 fully saturated rings. The van der Waals surface area contributed by atoms with Gasteiger partial charge in [-0.05, 0) is 24.1 Å². The first-order valence-corrected chi connectivity index (χ1v) is 6.62. The first-order valence-electron chi connectivity index (χ1n) is 6.62. The summed E-state index contributed by atoms with van der Waals surface area (Å²) in [7, 11) is 0. The van der Waals surface area contributed by atoms with Gasteiger partial charge >= 0.3 is 0 Å². The molecule has 0 aliphatic rings. The number of carbonyl (C=O) groups is 1. The maximum absolute atomic E-state index is 12.0. The fourth-order valence-corrected chi connectivity index (χ4v) is 1.94. The van der Waals surface area contributed by atoms with Crippen LogP contribution in [0.15, 0.2) is 59.7 Å². The summed E-state index contributed by atoms with van der Waals surface area (Å²) in [6.45, 7) is 3.95. The molecule has 102 valence electrons. The number of hydrogen-bond donors (Lipinski definition) is 1. The number of amides is 1. The zero-order valence-electron chi connectivity index (χ0n) is 11.7. The topological polar surface area (TPSA) is 41.5 Å². The minimum atomic E-state index is -0.181. The molecular formula is C17H18N2O. The summed E-state index contributed by atoms with van der Waals surface area (Å²) < 4.78 is 0. The van der Waals surface area contributed by atoms with Gasteiger partial charge in [0.1, 0.15) is 0 Å². The van der Waals surface area contributed by atoms with Crippen LogP contribution in [-0.2, 0) is 0 Å². The highest BCUT2D eigenvalue weighted by Crippen LogP contribution is 2.11. The molecule has 0 bridgehead atoms. The zero-order chi connectivity index (χ0) is 14.4. The summed E-state index contributed by atoms with van der Waals surface area (Å²) in [6.07, 6.45) is 1.74. The van der Waals surface area contributed by atoms with E-state index in [1.807, 2.05) is 62.4 Å². The Morgan fingerprint density at radius 2 is 1.75 bits per heavy atom. The van der Waals surface area contributed by atoms with Crippen LogP contribution in [0.5, 0.6) is 0 Å². The average Bonchev–Trinajstić information content (AvgIpc) is 2.48. The van der Waals surface area contributed by atoms with Gasteiger partial charge in [-0.25, -0.2) is 5.43 Å². The van der Waals surface area contributed by atoms with Crippen molar-refractivity contribution in [3.63, 3.8) is 0 Å². The molecule has 1 amide bonds. The van der Waals surface area contributed by atoms with E-state index in [9.17, 15) is 4.79 Å². The van der Waals surface area contributed by atoms with Crippen molar-refractivity contribution in [1.29, 1.82) is 0 Å². The first kappa shape index (κ1) is 14.0. The van der Waals surface area contributed by atoms with Gasteiger partial charge in [0.2, 0.25) is 0 Å². The lowest BCUT2D eigenvalue weighted by Gasteiger charge is -2.06. The first-order chi connectivity index (χ1) is 9.68. The van der Waals surface area contributed by atoms with Crippen molar-refractivity contribution in [1.82, 2.24) is 5.43 Å². The molecule has 2 aromatic rings. The number of hydrogen-bond acceptors (Lipinski definition) is 2. The van der Waals surface area contributed by atoms with E-state index in [1.165, 1.54) is 5.56 Å². The molecule has 3 heteroatoms. The van der Waals surface area contributed by atoms with Crippen LogP contribution in [0.2, 0.25) is 0 Å². The molecule has 20 heavy (non-hydrogen) atoms. The number of rotatable bonds is 4. The van der Waals surface area contributed by atoms with E-state index in [1.54, 1.807) is 12.3 Å². The molecular weight excluding hydrogens is 248 g/mol. The summed E-state index contributed by atoms with van der Waals surface area (Å²) >= 11 is 0. The van der Waals surface area contributed by atoms with E-state index < -0.39 is 0 Å². The van der Waals surface area contributed by atoms with Gasteiger partial charge in [0.15, 0.2) is 0 Å². The largest absolute Gasteiger partial charge is 0.271 e. The van der Waals surface area contributed by atoms with E-state index in [4.69, 9.17) is 0 Å². The van der Waals surface area contributed by atoms with Crippen LogP contribution in [0.3, 0.4) is 0 Å². The minimum Gasteiger partial charge on any atom is -0.267 e. The van der Waals surface area contributed by atoms with Crippen molar-refractivity contribution in [2.24, 2.45) is 5.10 Å². The molecule has 0 aliphatic carbocycles. The molecule has 0 unspecified atom stereocenters. The second-order valence-electron chi connectivity index (χ2n) is 4.73. The Kier molecular flexibility index (Phi) is 4.66. The summed E-state index contributed by atoms with van der Waals surface area (Å²) in [4.78, 5) is 12.0. The van der Waals surface area contributed by atoms with Crippen LogP contribution < -0.4 is 5.43 Å². The van der Waals surface area contributed by atoms with Crippen LogP contribution in [0.25, 0.3) is 0 Å². The zero-order valence-corrected chi connectivity index (χ0v) is 11.7. The molecule has 3 nitrogen and oxygen atoms in total. The highest BCUT2D eigenvalue weighted by atomic mass is 16.2. The minimum absolute atomic E-state index is 0.161. The summed E-state index contributed by atoms with van der Waals surface area (Å²) in [5, 5.41) is 4.04. The standard InChI is InChI=1S/C17H18N2O/c1-13-8-6-7-11-16(13)17(20)19-18-12-14(2)15-9-4-3-5-10-15/h3-12,14H,1-2H3,(H,19,20)/b18-12-/t14-/m1/s1. The number of carbonyl (C=O) groups excluding carboxylic acids is 1. The average molecular weight is 266 g/mol. The third-order valence-electron chi connectivity index (χ3n) is 3.18. The van der Waals surface area contributed by atoms with Crippen molar-refractivity contribution in [2.45, 2.75) is 19.8 Å². The normalized spacial score (nSPS) is 12.3. The molecule has 0 saturated carbocycles. The van der Waals surface area contributed by atoms with Crippen molar-refractivity contribution < 1.29 is 4.79 Å². The molecule has 0 spiro atoms. The molecule has 0 heterocycles. The van der Waals surface area contributed by atoms with E-state index in [0.717, 1.165) is 5.56 Å². The smallest absolute Gasteiger partial charge is 0.267 e. The Hall–Kier alpha value is -2.42. The molecule has 2 aromatic carbocycles. The van der Waals surface area contributed by atoms with Crippen LogP contribution in [-0.4, -0.2) is 12.1 Å². The van der Waals surface area contributed by atoms with Gasteiger partial charge < -0.3 is 0 Å². The van der Waals surface area contributed by atoms with E-state index in [2.05, 4.69) is 10.5 Å². The Bertz CT molecular complexity index is 605. The number of nitrogens with zero attached hydrogens (tertiary/aromatic N) is 1. The highest BCUT2D eigenvalue weighted by molar-refractivity contribution is 5.95. The molecule has 0 radical (unpaired) electrons. The molecule has 0 aromatic heterocycles. The molecule has 1 N–H and O–H groups in total. The fraction of sp³-hybridized carbons (Fsp3) is 0.176. The van der Waals surface area contributed by atoms with Crippen LogP contribution in [0.1, 0.15) is 34.3 Å². The second kappa shape index (κ2) is 6.66. The van der Waals surface area contributed by atoms with Gasteiger partial charge in [0, 0.05) is 17.7 Å². The maximum atomic E-state index is 12.0. The van der Waals surface area contributed by atoms with E-state index in [0.29, 0.717) is 5.56 Å². The second-order valence-corrected chi connectivity index (χ2v) is 4.73. The summed E-state index contributed by atoms with van der Waals surface area (Å²) in [5.74, 6) is -0.0204. The molecule has 0 aliphatic heterocycles. The SMILES string of the molecule is Cc1ccccc1C(=O)N/N=C\[C@@H](C)c1ccccc1. The highest BCUT2D eigenvalue weighted by Gasteiger charge is 2.06. The molecule has 1 atom stereocenters. The van der Waals surface area contributed by atoms with Crippen molar-refractivity contribution in [3.8, 4) is 0 Å². The molecule has 2 rings (SSSR count). The Morgan fingerprint density at radius 3 is 2.45 bits per heavy atom. The Balaban J connectivity index is 1.97. The number of nitrogens with one attached hydrogen (secondary N) is 1. The summed E-state index contributed by atoms with van der Waals surface area (Å²) in [5.41, 5.74) is 5.33. The van der Waals surface area contributed by atoms with Crippen LogP contribution in [0.4, 0.5) is 0 Å². The maximum Gasteiger partial charge on any atom is 0.271 e. The van der Waals surface area contributed by atoms with Gasteiger partial charge in [0.05, 0.1) is 0 Å². The van der Waals surface area contributed by atoms with Crippen LogP contribution >= 0.6 is 0 Å². The van der Waals surface area contributed by atoms with E-state index in [-0.39, 0.29) is 11.8 Å². The van der Waals surface area contributed by atoms with Gasteiger partial charge in [-0.15, -0.1) is 0 Å². The van der Waals surface area contributed by atoms with Crippen molar-refractivity contribution >= 4 is 12.1 Å². The molecule has 0 saturated heterocycles. The lowest BCUT2D eigenvalue weighted by Crippen LogP contribution is -2.19. The predicted molar refractivity (Wildman–Crippen MR) is 82.0 cm³/mol. The number of hydrazone groups is 1. The van der Waals surface area contributed by atoms with Gasteiger partial charge in [0.25, 0.3) is 5.91 Å². The third kappa shape index (κ3) is 3.54. The lowest BCUT2D eigenvalue weighted by atomic mass is 10.0. The van der Waals surface area contributed by atoms with Crippen LogP contribution in [0, 0.1) is 6.92 Å². The van der Waals surface area contributed by atoms with Crippen molar-refractivity contribution in [2.75, 3.05) is 0 Å². The van der Waals surface area contributed by atoms with Gasteiger partial charge in [-0.1, -0.05) is 55.5 Å². The number of benzene rings is 2. The van der Waals surface area contributed by atoms with Crippen molar-refractivity contribution in [3.05, 3.63) is 71.3 Å². The third-order valence-corrected chi connectivity index (χ3v) is 3.18. The summed E-state index contributed by atoms with van der Waals surface area (Å²) in [6, 6.07) is 17.5. The fourth-order valence-electron chi connectivity index (χ4n) is 1.94. The van der Waals surface area contributed by atoms with Gasteiger partial charge in [-0.3, -0.25) is 4.79 Å². The predicted octanol–water partition coefficient (Wildman–Crippen LogP) is 3.51. The Morgan fingerprint density at radius 1 is 1.10 bits per heavy atom. The monoisotopic (exact) mass is 266 g/mol. The lowest BCUT2D eigenvalue weighted by molar-refractivity contribution is 0.0954. The van der Waals surface area contributed by atoms with E-state index >= 15 is 0 Å². The number of aryl methyl sites for hydroxylation is 1. The quantitative estimate of drug-likeness (QED) is 0.667. The Labute approximate surface area is 119 Å².